The zero-order valence-corrected chi connectivity index (χ0v) is 12.5. The average Bonchev–Trinajstić information content (AvgIpc) is 2.53. The van der Waals surface area contributed by atoms with Gasteiger partial charge < -0.3 is 0 Å². The Balaban J connectivity index is 2.51. The average molecular weight is 305 g/mol. The molecule has 0 N–H and O–H groups in total. The number of unbranched alkanes of at least 4 members (excludes halogenated alkanes) is 1. The molecule has 0 nitrogen and oxygen atoms in total. The molecule has 1 rings (SSSR count). The fraction of sp³-hybridized carbons (Fsp3) is 0.444. The molecular weight excluding hydrogens is 291 g/mol. The topological polar surface area (TPSA) is 0 Å². The molecule has 1 aromatic heterocycles. The first-order valence-corrected chi connectivity index (χ1v) is 9.76. The molecule has 0 radical (unpaired) electrons. The molecule has 0 spiro atoms. The maximum atomic E-state index is 2.56. The van der Waals surface area contributed by atoms with Gasteiger partial charge >= 0.3 is 93.0 Å². The van der Waals surface area contributed by atoms with Gasteiger partial charge in [0.15, 0.2) is 0 Å². The predicted octanol–water partition coefficient (Wildman–Crippen LogP) is 2.13. The molecule has 0 atom stereocenters. The van der Waals surface area contributed by atoms with Gasteiger partial charge in [-0.05, 0) is 0 Å². The first-order valence-electron chi connectivity index (χ1n) is 4.17. The van der Waals surface area contributed by atoms with E-state index in [1.807, 2.05) is 23.1 Å². The molecule has 12 heavy (non-hydrogen) atoms. The van der Waals surface area contributed by atoms with E-state index in [1.165, 1.54) is 17.1 Å². The summed E-state index contributed by atoms with van der Waals surface area (Å²) >= 11 is 3.40. The normalized spacial score (nSPS) is 11.2. The molecule has 0 fully saturated rings. The fourth-order valence-electron chi connectivity index (χ4n) is 0.900. The third-order valence-electron chi connectivity index (χ3n) is 1.54. The molecule has 0 unspecified atom stereocenters. The van der Waals surface area contributed by atoms with E-state index in [0.717, 1.165) is 0 Å². The van der Waals surface area contributed by atoms with Crippen LogP contribution in [0.2, 0.25) is 0 Å². The second-order valence-corrected chi connectivity index (χ2v) is 10.0. The van der Waals surface area contributed by atoms with Crippen molar-refractivity contribution < 1.29 is 0 Å². The third kappa shape index (κ3) is 3.62. The zero-order valence-electron chi connectivity index (χ0n) is 7.54. The van der Waals surface area contributed by atoms with Gasteiger partial charge in [0.2, 0.25) is 0 Å². The van der Waals surface area contributed by atoms with Gasteiger partial charge in [-0.3, -0.25) is 0 Å². The SMILES string of the molecule is CCC/[CH]=[SnH]/[c]1ccc(SC)s1. The number of hydrogen-bond acceptors (Lipinski definition) is 2. The van der Waals surface area contributed by atoms with Crippen LogP contribution in [0.25, 0.3) is 0 Å². The van der Waals surface area contributed by atoms with E-state index in [9.17, 15) is 0 Å². The van der Waals surface area contributed by atoms with Crippen molar-refractivity contribution in [3.05, 3.63) is 12.1 Å². The van der Waals surface area contributed by atoms with Gasteiger partial charge in [-0.15, -0.1) is 0 Å². The van der Waals surface area contributed by atoms with E-state index < -0.39 is 20.7 Å². The molecule has 0 aliphatic heterocycles. The zero-order chi connectivity index (χ0) is 8.81. The van der Waals surface area contributed by atoms with E-state index in [2.05, 4.69) is 29.3 Å². The van der Waals surface area contributed by atoms with Gasteiger partial charge in [-0.1, -0.05) is 0 Å². The first kappa shape index (κ1) is 10.8. The Labute approximate surface area is 92.5 Å². The van der Waals surface area contributed by atoms with Gasteiger partial charge in [0, 0.05) is 0 Å². The van der Waals surface area contributed by atoms with Crippen LogP contribution < -0.4 is 2.89 Å². The Kier molecular flexibility index (Phi) is 5.59. The number of rotatable bonds is 4. The third-order valence-corrected chi connectivity index (χ3v) is 8.57. The Morgan fingerprint density at radius 1 is 1.58 bits per heavy atom. The monoisotopic (exact) mass is 306 g/mol. The summed E-state index contributed by atoms with van der Waals surface area (Å²) in [5.41, 5.74) is 0. The van der Waals surface area contributed by atoms with Crippen LogP contribution in [-0.2, 0) is 0 Å². The first-order chi connectivity index (χ1) is 5.86. The molecule has 0 saturated heterocycles. The Morgan fingerprint density at radius 3 is 3.00 bits per heavy atom. The molecule has 0 aliphatic carbocycles. The summed E-state index contributed by atoms with van der Waals surface area (Å²) < 4.78 is 5.72. The van der Waals surface area contributed by atoms with Gasteiger partial charge in [0.25, 0.3) is 0 Å². The van der Waals surface area contributed by atoms with Crippen LogP contribution in [0.5, 0.6) is 0 Å². The van der Waals surface area contributed by atoms with E-state index in [4.69, 9.17) is 0 Å². The molecule has 3 heteroatoms. The Hall–Kier alpha value is 0.719. The van der Waals surface area contributed by atoms with Crippen LogP contribution in [0.15, 0.2) is 16.3 Å². The minimum absolute atomic E-state index is 0.466. The van der Waals surface area contributed by atoms with Gasteiger partial charge in [-0.2, -0.15) is 0 Å². The van der Waals surface area contributed by atoms with Crippen LogP contribution in [-0.4, -0.2) is 30.9 Å². The summed E-state index contributed by atoms with van der Waals surface area (Å²) in [7, 11) is 0. The minimum atomic E-state index is -0.466. The maximum absolute atomic E-state index is 2.56. The van der Waals surface area contributed by atoms with Crippen molar-refractivity contribution in [2.24, 2.45) is 0 Å². The van der Waals surface area contributed by atoms with Gasteiger partial charge in [0.1, 0.15) is 0 Å². The molecular formula is C9H14S2Sn. The summed E-state index contributed by atoms with van der Waals surface area (Å²) in [6.07, 6.45) is 4.79. The molecule has 0 bridgehead atoms. The number of hydrogen-bond donors (Lipinski definition) is 0. The molecule has 0 amide bonds. The van der Waals surface area contributed by atoms with Crippen molar-refractivity contribution in [3.63, 3.8) is 0 Å². The molecule has 66 valence electrons. The Morgan fingerprint density at radius 2 is 2.42 bits per heavy atom. The molecule has 0 aliphatic rings. The summed E-state index contributed by atoms with van der Waals surface area (Å²) in [5.74, 6) is 0. The second-order valence-electron chi connectivity index (χ2n) is 2.55. The van der Waals surface area contributed by atoms with Crippen LogP contribution in [0.1, 0.15) is 19.8 Å². The van der Waals surface area contributed by atoms with E-state index >= 15 is 0 Å². The summed E-state index contributed by atoms with van der Waals surface area (Å²) in [5, 5.41) is 0. The van der Waals surface area contributed by atoms with Crippen LogP contribution in [0.3, 0.4) is 0 Å². The number of thioether (sulfide) groups is 1. The fourth-order valence-corrected chi connectivity index (χ4v) is 8.03. The Bertz CT molecular complexity index is 253. The standard InChI is InChI=1S/C5H5S2.C4H8.Sn.H/c1-6-5-3-2-4-7-5;1-3-4-2;;/h2-3H,1H3;1H,3-4H2,2H3;;. The van der Waals surface area contributed by atoms with Crippen LogP contribution in [0.4, 0.5) is 0 Å². The van der Waals surface area contributed by atoms with Crippen LogP contribution >= 0.6 is 23.1 Å². The van der Waals surface area contributed by atoms with Gasteiger partial charge in [-0.25, -0.2) is 0 Å². The summed E-state index contributed by atoms with van der Waals surface area (Å²) in [6.45, 7) is 2.25. The van der Waals surface area contributed by atoms with E-state index in [-0.39, 0.29) is 0 Å². The molecule has 1 heterocycles. The second kappa shape index (κ2) is 6.21. The number of thiophene rings is 1. The van der Waals surface area contributed by atoms with Crippen molar-refractivity contribution in [1.29, 1.82) is 0 Å². The molecule has 0 aromatic carbocycles. The molecule has 1 aromatic rings. The molecule has 0 saturated carbocycles. The van der Waals surface area contributed by atoms with Crippen molar-refractivity contribution in [2.75, 3.05) is 6.26 Å². The van der Waals surface area contributed by atoms with E-state index in [1.54, 1.807) is 2.89 Å². The summed E-state index contributed by atoms with van der Waals surface area (Å²) in [6, 6.07) is 4.58. The quantitative estimate of drug-likeness (QED) is 0.607. The van der Waals surface area contributed by atoms with Crippen LogP contribution in [0, 0.1) is 0 Å². The van der Waals surface area contributed by atoms with Crippen molar-refractivity contribution in [3.8, 4) is 0 Å². The van der Waals surface area contributed by atoms with E-state index in [0.29, 0.717) is 0 Å². The summed E-state index contributed by atoms with van der Waals surface area (Å²) in [4.78, 5) is 0. The van der Waals surface area contributed by atoms with Crippen molar-refractivity contribution >= 4 is 50.7 Å². The van der Waals surface area contributed by atoms with Gasteiger partial charge in [0.05, 0.1) is 0 Å². The van der Waals surface area contributed by atoms with Crippen molar-refractivity contribution in [1.82, 2.24) is 0 Å². The predicted molar refractivity (Wildman–Crippen MR) is 63.9 cm³/mol. The van der Waals surface area contributed by atoms with Crippen molar-refractivity contribution in [2.45, 2.75) is 24.0 Å².